The van der Waals surface area contributed by atoms with Crippen molar-refractivity contribution in [1.29, 1.82) is 0 Å². The molecule has 2 heterocycles. The van der Waals surface area contributed by atoms with E-state index in [1.807, 2.05) is 52.7 Å². The number of aromatic nitrogens is 1. The van der Waals surface area contributed by atoms with E-state index in [1.165, 1.54) is 5.56 Å². The van der Waals surface area contributed by atoms with E-state index in [2.05, 4.69) is 27.8 Å². The van der Waals surface area contributed by atoms with E-state index in [1.54, 1.807) is 17.5 Å². The van der Waals surface area contributed by atoms with E-state index < -0.39 is 0 Å². The van der Waals surface area contributed by atoms with E-state index in [4.69, 9.17) is 0 Å². The number of urea groups is 1. The van der Waals surface area contributed by atoms with Crippen molar-refractivity contribution in [2.45, 2.75) is 12.8 Å². The van der Waals surface area contributed by atoms with Crippen LogP contribution in [-0.4, -0.2) is 41.5 Å². The number of amides is 3. The van der Waals surface area contributed by atoms with Gasteiger partial charge in [-0.05, 0) is 24.1 Å². The molecule has 1 atom stereocenters. The predicted octanol–water partition coefficient (Wildman–Crippen LogP) is 4.02. The van der Waals surface area contributed by atoms with Gasteiger partial charge in [-0.1, -0.05) is 42.5 Å². The van der Waals surface area contributed by atoms with Crippen molar-refractivity contribution in [2.75, 3.05) is 25.0 Å². The first-order valence-corrected chi connectivity index (χ1v) is 10.9. The van der Waals surface area contributed by atoms with Crippen molar-refractivity contribution in [3.05, 3.63) is 71.7 Å². The highest BCUT2D eigenvalue weighted by atomic mass is 32.1. The number of likely N-dealkylation sites (tertiary alicyclic amines) is 1. The molecule has 0 aliphatic carbocycles. The van der Waals surface area contributed by atoms with Crippen LogP contribution >= 0.6 is 11.3 Å². The molecule has 3 amide bonds. The maximum absolute atomic E-state index is 12.3. The second-order valence-corrected chi connectivity index (χ2v) is 8.29. The number of rotatable bonds is 7. The molecule has 7 heteroatoms. The van der Waals surface area contributed by atoms with Crippen molar-refractivity contribution < 1.29 is 9.59 Å². The molecule has 2 aromatic carbocycles. The first-order chi connectivity index (χ1) is 14.7. The summed E-state index contributed by atoms with van der Waals surface area (Å²) in [4.78, 5) is 30.8. The van der Waals surface area contributed by atoms with Crippen molar-refractivity contribution in [3.8, 4) is 10.6 Å². The zero-order valence-electron chi connectivity index (χ0n) is 16.6. The monoisotopic (exact) mass is 420 g/mol. The molecule has 0 unspecified atom stereocenters. The summed E-state index contributed by atoms with van der Waals surface area (Å²) in [6.45, 7) is 1.88. The summed E-state index contributed by atoms with van der Waals surface area (Å²) in [7, 11) is 0. The Balaban J connectivity index is 1.23. The Bertz CT molecular complexity index is 991. The van der Waals surface area contributed by atoms with Crippen LogP contribution in [0.1, 0.15) is 12.0 Å². The maximum atomic E-state index is 12.3. The maximum Gasteiger partial charge on any atom is 0.319 e. The first-order valence-electron chi connectivity index (χ1n) is 10.0. The molecule has 1 aliphatic rings. The fourth-order valence-electron chi connectivity index (χ4n) is 3.62. The van der Waals surface area contributed by atoms with Crippen molar-refractivity contribution >= 4 is 29.0 Å². The average molecular weight is 421 g/mol. The minimum absolute atomic E-state index is 0.140. The Kier molecular flexibility index (Phi) is 6.39. The third kappa shape index (κ3) is 5.24. The average Bonchev–Trinajstić information content (AvgIpc) is 3.42. The summed E-state index contributed by atoms with van der Waals surface area (Å²) in [6, 6.07) is 17.5. The molecule has 0 bridgehead atoms. The van der Waals surface area contributed by atoms with Crippen molar-refractivity contribution in [3.63, 3.8) is 0 Å². The SMILES string of the molecule is O=C(NC[C@@H]1CC(=O)N(CCc2ccccc2)C1)Nc1cccc(-c2nccs2)c1. The minimum Gasteiger partial charge on any atom is -0.342 e. The molecule has 0 spiro atoms. The highest BCUT2D eigenvalue weighted by molar-refractivity contribution is 7.13. The van der Waals surface area contributed by atoms with E-state index >= 15 is 0 Å². The van der Waals surface area contributed by atoms with Gasteiger partial charge in [0.1, 0.15) is 5.01 Å². The minimum atomic E-state index is -0.263. The Hall–Kier alpha value is -3.19. The van der Waals surface area contributed by atoms with Crippen LogP contribution < -0.4 is 10.6 Å². The molecule has 0 radical (unpaired) electrons. The number of benzene rings is 2. The number of thiazole rings is 1. The molecular weight excluding hydrogens is 396 g/mol. The number of hydrogen-bond donors (Lipinski definition) is 2. The third-order valence-electron chi connectivity index (χ3n) is 5.16. The first kappa shape index (κ1) is 20.1. The quantitative estimate of drug-likeness (QED) is 0.606. The number of carbonyl (C=O) groups is 2. The van der Waals surface area contributed by atoms with Crippen molar-refractivity contribution in [1.82, 2.24) is 15.2 Å². The molecule has 30 heavy (non-hydrogen) atoms. The lowest BCUT2D eigenvalue weighted by Crippen LogP contribution is -2.34. The van der Waals surface area contributed by atoms with E-state index in [9.17, 15) is 9.59 Å². The van der Waals surface area contributed by atoms with Gasteiger partial charge in [0.15, 0.2) is 0 Å². The Morgan fingerprint density at radius 2 is 2.03 bits per heavy atom. The molecule has 0 saturated carbocycles. The van der Waals surface area contributed by atoms with E-state index in [0.29, 0.717) is 25.2 Å². The fourth-order valence-corrected chi connectivity index (χ4v) is 4.26. The lowest BCUT2D eigenvalue weighted by atomic mass is 10.1. The lowest BCUT2D eigenvalue weighted by molar-refractivity contribution is -0.127. The van der Waals surface area contributed by atoms with Crippen LogP contribution in [0.4, 0.5) is 10.5 Å². The van der Waals surface area contributed by atoms with Gasteiger partial charge in [0.2, 0.25) is 5.91 Å². The standard InChI is InChI=1S/C23H24N4O2S/c28-21-13-18(16-27(21)11-9-17-5-2-1-3-6-17)15-25-23(29)26-20-8-4-7-19(14-20)22-24-10-12-30-22/h1-8,10,12,14,18H,9,11,13,15-16H2,(H2,25,26,29)/t18-/m0/s1. The Morgan fingerprint density at radius 3 is 2.83 bits per heavy atom. The molecule has 3 aromatic rings. The second kappa shape index (κ2) is 9.54. The van der Waals surface area contributed by atoms with Crippen LogP contribution in [0.5, 0.6) is 0 Å². The second-order valence-electron chi connectivity index (χ2n) is 7.40. The van der Waals surface area contributed by atoms with Crippen molar-refractivity contribution in [2.24, 2.45) is 5.92 Å². The van der Waals surface area contributed by atoms with Gasteiger partial charge in [0, 0.05) is 54.8 Å². The van der Waals surface area contributed by atoms with Gasteiger partial charge in [-0.15, -0.1) is 11.3 Å². The molecule has 4 rings (SSSR count). The Morgan fingerprint density at radius 1 is 1.17 bits per heavy atom. The molecule has 1 aliphatic heterocycles. The Labute approximate surface area is 180 Å². The number of carbonyl (C=O) groups excluding carboxylic acids is 2. The molecule has 2 N–H and O–H groups in total. The van der Waals surface area contributed by atoms with Gasteiger partial charge in [0.05, 0.1) is 0 Å². The summed E-state index contributed by atoms with van der Waals surface area (Å²) in [6.07, 6.45) is 3.09. The zero-order valence-corrected chi connectivity index (χ0v) is 17.4. The summed E-state index contributed by atoms with van der Waals surface area (Å²) in [5.41, 5.74) is 2.91. The van der Waals surface area contributed by atoms with E-state index in [-0.39, 0.29) is 17.9 Å². The summed E-state index contributed by atoms with van der Waals surface area (Å²) < 4.78 is 0. The molecule has 1 fully saturated rings. The van der Waals surface area contributed by atoms with Gasteiger partial charge >= 0.3 is 6.03 Å². The van der Waals surface area contributed by atoms with Crippen LogP contribution in [0, 0.1) is 5.92 Å². The molecule has 1 aromatic heterocycles. The smallest absolute Gasteiger partial charge is 0.319 e. The fraction of sp³-hybridized carbons (Fsp3) is 0.261. The molecule has 154 valence electrons. The number of hydrogen-bond acceptors (Lipinski definition) is 4. The van der Waals surface area contributed by atoms with E-state index in [0.717, 1.165) is 23.5 Å². The van der Waals surface area contributed by atoms with Crippen LogP contribution in [0.3, 0.4) is 0 Å². The molecular formula is C23H24N4O2S. The van der Waals surface area contributed by atoms with Crippen LogP contribution in [0.25, 0.3) is 10.6 Å². The lowest BCUT2D eigenvalue weighted by Gasteiger charge is -2.17. The van der Waals surface area contributed by atoms with Gasteiger partial charge in [0.25, 0.3) is 0 Å². The summed E-state index contributed by atoms with van der Waals surface area (Å²) in [5.74, 6) is 0.301. The van der Waals surface area contributed by atoms with Crippen LogP contribution in [0.2, 0.25) is 0 Å². The summed E-state index contributed by atoms with van der Waals surface area (Å²) in [5, 5.41) is 8.61. The van der Waals surface area contributed by atoms with Gasteiger partial charge in [-0.3, -0.25) is 4.79 Å². The van der Waals surface area contributed by atoms with Gasteiger partial charge in [-0.2, -0.15) is 0 Å². The zero-order chi connectivity index (χ0) is 20.8. The molecule has 6 nitrogen and oxygen atoms in total. The normalized spacial score (nSPS) is 15.9. The molecule has 1 saturated heterocycles. The topological polar surface area (TPSA) is 74.3 Å². The predicted molar refractivity (Wildman–Crippen MR) is 119 cm³/mol. The number of nitrogens with one attached hydrogen (secondary N) is 2. The largest absolute Gasteiger partial charge is 0.342 e. The highest BCUT2D eigenvalue weighted by Crippen LogP contribution is 2.24. The van der Waals surface area contributed by atoms with Gasteiger partial charge < -0.3 is 15.5 Å². The number of nitrogens with zero attached hydrogens (tertiary/aromatic N) is 2. The third-order valence-corrected chi connectivity index (χ3v) is 5.98. The van der Waals surface area contributed by atoms with Gasteiger partial charge in [-0.25, -0.2) is 9.78 Å². The van der Waals surface area contributed by atoms with Crippen LogP contribution in [0.15, 0.2) is 66.2 Å². The number of anilines is 1. The highest BCUT2D eigenvalue weighted by Gasteiger charge is 2.29. The van der Waals surface area contributed by atoms with Crippen LogP contribution in [-0.2, 0) is 11.2 Å². The summed E-state index contributed by atoms with van der Waals surface area (Å²) >= 11 is 1.56.